The van der Waals surface area contributed by atoms with Crippen molar-refractivity contribution in [3.8, 4) is 0 Å². The maximum atomic E-state index is 14.0. The van der Waals surface area contributed by atoms with Crippen molar-refractivity contribution >= 4 is 65.0 Å². The first-order chi connectivity index (χ1) is 24.9. The van der Waals surface area contributed by atoms with Gasteiger partial charge in [-0.2, -0.15) is 0 Å². The Kier molecular flexibility index (Phi) is 12.9. The van der Waals surface area contributed by atoms with Crippen molar-refractivity contribution in [2.75, 3.05) is 6.16 Å². The van der Waals surface area contributed by atoms with Crippen molar-refractivity contribution in [1.29, 1.82) is 0 Å². The van der Waals surface area contributed by atoms with Crippen molar-refractivity contribution in [1.82, 2.24) is 16.0 Å². The normalized spacial score (nSPS) is 14.0. The highest BCUT2D eigenvalue weighted by Crippen LogP contribution is 2.46. The summed E-state index contributed by atoms with van der Waals surface area (Å²) in [5.74, 6) is -4.49. The van der Waals surface area contributed by atoms with Crippen LogP contribution in [0.3, 0.4) is 0 Å². The molecule has 5 aromatic carbocycles. The Morgan fingerprint density at radius 3 is 1.94 bits per heavy atom. The van der Waals surface area contributed by atoms with E-state index in [0.717, 1.165) is 10.8 Å². The molecule has 0 aliphatic rings. The number of amides is 4. The molecule has 13 heteroatoms. The molecule has 0 bridgehead atoms. The first-order valence-corrected chi connectivity index (χ1v) is 19.1. The third kappa shape index (κ3) is 10.5. The molecule has 5 aromatic rings. The summed E-state index contributed by atoms with van der Waals surface area (Å²) >= 11 is 12.2. The second-order valence-electron chi connectivity index (χ2n) is 12.4. The minimum atomic E-state index is -4.51. The summed E-state index contributed by atoms with van der Waals surface area (Å²) in [7, 11) is -4.51. The Balaban J connectivity index is 1.38. The van der Waals surface area contributed by atoms with E-state index in [0.29, 0.717) is 21.7 Å². The van der Waals surface area contributed by atoms with Crippen molar-refractivity contribution < 1.29 is 28.6 Å². The summed E-state index contributed by atoms with van der Waals surface area (Å²) in [6, 6.07) is 32.5. The molecule has 0 aliphatic carbocycles. The fourth-order valence-electron chi connectivity index (χ4n) is 5.72. The van der Waals surface area contributed by atoms with Crippen LogP contribution in [0.15, 0.2) is 121 Å². The van der Waals surface area contributed by atoms with E-state index in [1.165, 1.54) is 12.1 Å². The van der Waals surface area contributed by atoms with Crippen LogP contribution in [0.25, 0.3) is 10.8 Å². The van der Waals surface area contributed by atoms with Gasteiger partial charge in [-0.25, -0.2) is 0 Å². The molecule has 0 aromatic heterocycles. The van der Waals surface area contributed by atoms with Crippen LogP contribution in [0.4, 0.5) is 0 Å². The maximum Gasteiger partial charge on any atom is 0.253 e. The number of primary amides is 1. The van der Waals surface area contributed by atoms with E-state index in [-0.39, 0.29) is 29.8 Å². The zero-order valence-corrected chi connectivity index (χ0v) is 30.3. The highest BCUT2D eigenvalue weighted by molar-refractivity contribution is 7.59. The monoisotopic (exact) mass is 758 g/mol. The summed E-state index contributed by atoms with van der Waals surface area (Å²) in [5.41, 5.74) is 7.79. The summed E-state index contributed by atoms with van der Waals surface area (Å²) in [5, 5.41) is 10.4. The van der Waals surface area contributed by atoms with Gasteiger partial charge in [0.2, 0.25) is 25.1 Å². The van der Waals surface area contributed by atoms with Crippen LogP contribution in [0.5, 0.6) is 0 Å². The molecule has 10 nitrogen and oxygen atoms in total. The van der Waals surface area contributed by atoms with Gasteiger partial charge in [0.15, 0.2) is 0 Å². The quantitative estimate of drug-likeness (QED) is 0.0865. The van der Waals surface area contributed by atoms with E-state index >= 15 is 0 Å². The SMILES string of the molecule is NC(=O)C(Cc1ccc(Cl)cc1)NC(=O)[C@H](Cc1ccc2ccccc2c1)NC(=O)CP(=O)(O)[C@@H](Cc1ccccc1)NC(=O)c1ccccc1Cl. The molecule has 5 rings (SSSR count). The lowest BCUT2D eigenvalue weighted by molar-refractivity contribution is -0.130. The largest absolute Gasteiger partial charge is 0.368 e. The van der Waals surface area contributed by atoms with Gasteiger partial charge in [0.25, 0.3) is 5.91 Å². The van der Waals surface area contributed by atoms with Crippen molar-refractivity contribution in [2.24, 2.45) is 5.73 Å². The van der Waals surface area contributed by atoms with Gasteiger partial charge in [-0.1, -0.05) is 120 Å². The number of carbonyl (C=O) groups excluding carboxylic acids is 4. The lowest BCUT2D eigenvalue weighted by Crippen LogP contribution is -2.54. The van der Waals surface area contributed by atoms with Crippen LogP contribution in [-0.4, -0.2) is 52.6 Å². The Labute approximate surface area is 311 Å². The average molecular weight is 760 g/mol. The molecule has 0 radical (unpaired) electrons. The molecule has 0 saturated heterocycles. The highest BCUT2D eigenvalue weighted by Gasteiger charge is 2.37. The minimum Gasteiger partial charge on any atom is -0.368 e. The van der Waals surface area contributed by atoms with Gasteiger partial charge >= 0.3 is 0 Å². The summed E-state index contributed by atoms with van der Waals surface area (Å²) < 4.78 is 14.0. The molecule has 0 spiro atoms. The van der Waals surface area contributed by atoms with Crippen molar-refractivity contribution in [2.45, 2.75) is 37.1 Å². The van der Waals surface area contributed by atoms with Gasteiger partial charge in [0.1, 0.15) is 24.0 Å². The van der Waals surface area contributed by atoms with Crippen LogP contribution in [0.2, 0.25) is 10.0 Å². The standard InChI is InChI=1S/C39H37Cl2N4O6P/c40-30-18-15-26(16-19-30)21-33(37(42)47)44-39(49)34(22-27-14-17-28-10-4-5-11-29(28)20-27)43-35(46)24-52(50,51)36(23-25-8-2-1-3-9-25)45-38(48)31-12-6-7-13-32(31)41/h1-20,33-34,36H,21-24H2,(H2,42,47)(H,43,46)(H,44,49)(H,45,48)(H,50,51)/t33?,34-,36-/m0/s1. The number of benzene rings is 5. The van der Waals surface area contributed by atoms with Gasteiger partial charge < -0.3 is 26.6 Å². The lowest BCUT2D eigenvalue weighted by atomic mass is 10.00. The van der Waals surface area contributed by atoms with Gasteiger partial charge in [0, 0.05) is 24.3 Å². The Hall–Kier alpha value is -4.99. The molecule has 0 fully saturated rings. The summed E-state index contributed by atoms with van der Waals surface area (Å²) in [6.45, 7) is 0. The molecule has 2 unspecified atom stereocenters. The third-order valence-electron chi connectivity index (χ3n) is 8.46. The predicted octanol–water partition coefficient (Wildman–Crippen LogP) is 5.66. The number of nitrogens with two attached hydrogens (primary N) is 1. The minimum absolute atomic E-state index is 0.0126. The van der Waals surface area contributed by atoms with E-state index < -0.39 is 55.0 Å². The number of fused-ring (bicyclic) bond motifs is 1. The number of hydrogen-bond donors (Lipinski definition) is 5. The first kappa shape index (κ1) is 38.2. The average Bonchev–Trinajstić information content (AvgIpc) is 3.12. The van der Waals surface area contributed by atoms with Crippen LogP contribution in [-0.2, 0) is 38.2 Å². The molecular formula is C39H37Cl2N4O6P. The van der Waals surface area contributed by atoms with Gasteiger partial charge in [-0.3, -0.25) is 23.7 Å². The molecule has 0 saturated carbocycles. The molecule has 268 valence electrons. The maximum absolute atomic E-state index is 14.0. The smallest absolute Gasteiger partial charge is 0.253 e. The predicted molar refractivity (Wildman–Crippen MR) is 203 cm³/mol. The van der Waals surface area contributed by atoms with Crippen molar-refractivity contribution in [3.63, 3.8) is 0 Å². The zero-order valence-electron chi connectivity index (χ0n) is 27.9. The van der Waals surface area contributed by atoms with Crippen LogP contribution in [0, 0.1) is 0 Å². The fraction of sp³-hybridized carbons (Fsp3) is 0.179. The van der Waals surface area contributed by atoms with Crippen molar-refractivity contribution in [3.05, 3.63) is 154 Å². The second kappa shape index (κ2) is 17.5. The van der Waals surface area contributed by atoms with Gasteiger partial charge in [0.05, 0.1) is 10.6 Å². The van der Waals surface area contributed by atoms with Crippen LogP contribution >= 0.6 is 30.6 Å². The van der Waals surface area contributed by atoms with E-state index in [1.807, 2.05) is 42.5 Å². The number of hydrogen-bond acceptors (Lipinski definition) is 5. The van der Waals surface area contributed by atoms with Gasteiger partial charge in [-0.15, -0.1) is 0 Å². The van der Waals surface area contributed by atoms with E-state index in [4.69, 9.17) is 28.9 Å². The second-order valence-corrected chi connectivity index (χ2v) is 15.7. The molecule has 4 atom stereocenters. The molecule has 4 amide bonds. The zero-order chi connectivity index (χ0) is 37.3. The van der Waals surface area contributed by atoms with E-state index in [1.54, 1.807) is 66.7 Å². The first-order valence-electron chi connectivity index (χ1n) is 16.4. The van der Waals surface area contributed by atoms with Crippen LogP contribution < -0.4 is 21.7 Å². The number of nitrogens with one attached hydrogen (secondary N) is 3. The number of rotatable bonds is 15. The number of carbonyl (C=O) groups is 4. The van der Waals surface area contributed by atoms with Crippen LogP contribution in [0.1, 0.15) is 27.0 Å². The molecule has 52 heavy (non-hydrogen) atoms. The Morgan fingerprint density at radius 1 is 0.654 bits per heavy atom. The summed E-state index contributed by atoms with van der Waals surface area (Å²) in [4.78, 5) is 64.6. The number of halogens is 2. The van der Waals surface area contributed by atoms with Gasteiger partial charge in [-0.05, 0) is 51.7 Å². The third-order valence-corrected chi connectivity index (χ3v) is 11.1. The highest BCUT2D eigenvalue weighted by atomic mass is 35.5. The summed E-state index contributed by atoms with van der Waals surface area (Å²) in [6.07, 6.45) is -0.933. The molecule has 6 N–H and O–H groups in total. The molecule has 0 aliphatic heterocycles. The molecular weight excluding hydrogens is 722 g/mol. The lowest BCUT2D eigenvalue weighted by Gasteiger charge is -2.26. The fourth-order valence-corrected chi connectivity index (χ4v) is 7.61. The van der Waals surface area contributed by atoms with E-state index in [9.17, 15) is 28.6 Å². The Morgan fingerprint density at radius 2 is 1.25 bits per heavy atom. The Bertz CT molecular complexity index is 2120. The topological polar surface area (TPSA) is 168 Å². The van der Waals surface area contributed by atoms with E-state index in [2.05, 4.69) is 16.0 Å². The molecule has 0 heterocycles.